The van der Waals surface area contributed by atoms with E-state index in [-0.39, 0.29) is 5.92 Å². The van der Waals surface area contributed by atoms with Crippen molar-refractivity contribution in [2.24, 2.45) is 0 Å². The summed E-state index contributed by atoms with van der Waals surface area (Å²) in [6.07, 6.45) is 1.61. The Morgan fingerprint density at radius 3 is 2.68 bits per heavy atom. The summed E-state index contributed by atoms with van der Waals surface area (Å²) in [6.45, 7) is 1.30. The molecular formula is C15H15NO3. The van der Waals surface area contributed by atoms with E-state index in [0.717, 1.165) is 17.9 Å². The van der Waals surface area contributed by atoms with Gasteiger partial charge in [0.15, 0.2) is 0 Å². The van der Waals surface area contributed by atoms with Gasteiger partial charge in [-0.25, -0.2) is 0 Å². The van der Waals surface area contributed by atoms with Gasteiger partial charge in [0.2, 0.25) is 0 Å². The second-order valence-electron chi connectivity index (χ2n) is 4.81. The molecule has 0 bridgehead atoms. The number of hydrogen-bond acceptors (Lipinski definition) is 3. The summed E-state index contributed by atoms with van der Waals surface area (Å²) in [6, 6.07) is 13.0. The molecule has 4 nitrogen and oxygen atoms in total. The maximum atomic E-state index is 11.4. The first-order valence-electron chi connectivity index (χ1n) is 6.30. The molecule has 2 atom stereocenters. The molecule has 0 radical (unpaired) electrons. The molecule has 1 aromatic carbocycles. The summed E-state index contributed by atoms with van der Waals surface area (Å²) >= 11 is 0. The van der Waals surface area contributed by atoms with Gasteiger partial charge < -0.3 is 9.52 Å². The molecule has 3 rings (SSSR count). The molecule has 19 heavy (non-hydrogen) atoms. The SMILES string of the molecule is O=C(O)[C@@H]1[C@@H](c2ccccc2)CN1Cc1ccco1. The molecule has 1 aliphatic heterocycles. The lowest BCUT2D eigenvalue weighted by molar-refractivity contribution is -0.150. The number of rotatable bonds is 4. The third kappa shape index (κ3) is 2.27. The van der Waals surface area contributed by atoms with E-state index < -0.39 is 12.0 Å². The van der Waals surface area contributed by atoms with E-state index in [1.165, 1.54) is 0 Å². The third-order valence-corrected chi connectivity index (χ3v) is 3.63. The van der Waals surface area contributed by atoms with Gasteiger partial charge in [-0.15, -0.1) is 0 Å². The second-order valence-corrected chi connectivity index (χ2v) is 4.81. The maximum absolute atomic E-state index is 11.4. The minimum atomic E-state index is -0.772. The molecule has 2 aromatic rings. The van der Waals surface area contributed by atoms with Crippen molar-refractivity contribution < 1.29 is 14.3 Å². The Balaban J connectivity index is 1.74. The van der Waals surface area contributed by atoms with Gasteiger partial charge in [-0.3, -0.25) is 9.69 Å². The minimum Gasteiger partial charge on any atom is -0.480 e. The summed E-state index contributed by atoms with van der Waals surface area (Å²) in [7, 11) is 0. The Kier molecular flexibility index (Phi) is 3.09. The van der Waals surface area contributed by atoms with E-state index >= 15 is 0 Å². The van der Waals surface area contributed by atoms with Crippen molar-refractivity contribution in [2.45, 2.75) is 18.5 Å². The molecule has 1 saturated heterocycles. The van der Waals surface area contributed by atoms with Crippen molar-refractivity contribution in [3.63, 3.8) is 0 Å². The Bertz CT molecular complexity index is 550. The Hall–Kier alpha value is -2.07. The molecule has 98 valence electrons. The number of nitrogens with zero attached hydrogens (tertiary/aromatic N) is 1. The van der Waals surface area contributed by atoms with Gasteiger partial charge in [0, 0.05) is 12.5 Å². The van der Waals surface area contributed by atoms with Crippen molar-refractivity contribution in [3.05, 3.63) is 60.1 Å². The topological polar surface area (TPSA) is 53.7 Å². The van der Waals surface area contributed by atoms with Gasteiger partial charge in [0.1, 0.15) is 11.8 Å². The highest BCUT2D eigenvalue weighted by Crippen LogP contribution is 2.35. The first kappa shape index (κ1) is 12.0. The molecule has 0 saturated carbocycles. The predicted molar refractivity (Wildman–Crippen MR) is 69.7 cm³/mol. The molecule has 0 unspecified atom stereocenters. The number of carboxylic acid groups (broad SMARTS) is 1. The van der Waals surface area contributed by atoms with Crippen LogP contribution in [0.3, 0.4) is 0 Å². The average Bonchev–Trinajstić information content (AvgIpc) is 2.87. The maximum Gasteiger partial charge on any atom is 0.321 e. The van der Waals surface area contributed by atoms with Crippen LogP contribution in [-0.2, 0) is 11.3 Å². The van der Waals surface area contributed by atoms with Crippen molar-refractivity contribution in [2.75, 3.05) is 6.54 Å². The van der Waals surface area contributed by atoms with Crippen LogP contribution < -0.4 is 0 Å². The predicted octanol–water partition coefficient (Wildman–Crippen LogP) is 2.33. The molecule has 0 amide bonds. The third-order valence-electron chi connectivity index (χ3n) is 3.63. The van der Waals surface area contributed by atoms with Crippen LogP contribution in [-0.4, -0.2) is 28.6 Å². The first-order chi connectivity index (χ1) is 9.25. The Morgan fingerprint density at radius 1 is 1.26 bits per heavy atom. The molecule has 1 fully saturated rings. The standard InChI is InChI=1S/C15H15NO3/c17-15(18)14-13(11-5-2-1-3-6-11)10-16(14)9-12-7-4-8-19-12/h1-8,13-14H,9-10H2,(H,17,18)/t13-,14+/m1/s1. The van der Waals surface area contributed by atoms with E-state index in [4.69, 9.17) is 4.42 Å². The van der Waals surface area contributed by atoms with Gasteiger partial charge in [0.05, 0.1) is 12.8 Å². The molecule has 1 N–H and O–H groups in total. The highest BCUT2D eigenvalue weighted by atomic mass is 16.4. The van der Waals surface area contributed by atoms with E-state index in [2.05, 4.69) is 0 Å². The largest absolute Gasteiger partial charge is 0.480 e. The lowest BCUT2D eigenvalue weighted by Gasteiger charge is -2.45. The van der Waals surface area contributed by atoms with E-state index in [1.54, 1.807) is 6.26 Å². The van der Waals surface area contributed by atoms with Gasteiger partial charge >= 0.3 is 5.97 Å². The van der Waals surface area contributed by atoms with Crippen LogP contribution in [0, 0.1) is 0 Å². The number of carbonyl (C=O) groups is 1. The van der Waals surface area contributed by atoms with Gasteiger partial charge in [-0.2, -0.15) is 0 Å². The first-order valence-corrected chi connectivity index (χ1v) is 6.30. The summed E-state index contributed by atoms with van der Waals surface area (Å²) in [5, 5.41) is 9.39. The van der Waals surface area contributed by atoms with Crippen LogP contribution >= 0.6 is 0 Å². The highest BCUT2D eigenvalue weighted by molar-refractivity contribution is 5.76. The van der Waals surface area contributed by atoms with Crippen LogP contribution in [0.5, 0.6) is 0 Å². The van der Waals surface area contributed by atoms with Gasteiger partial charge in [-0.1, -0.05) is 30.3 Å². The number of benzene rings is 1. The molecule has 0 aliphatic carbocycles. The molecular weight excluding hydrogens is 242 g/mol. The van der Waals surface area contributed by atoms with Gasteiger partial charge in [-0.05, 0) is 17.7 Å². The molecule has 1 aliphatic rings. The molecule has 2 heterocycles. The van der Waals surface area contributed by atoms with Crippen LogP contribution in [0.25, 0.3) is 0 Å². The van der Waals surface area contributed by atoms with Crippen LogP contribution in [0.2, 0.25) is 0 Å². The van der Waals surface area contributed by atoms with Crippen LogP contribution in [0.4, 0.5) is 0 Å². The second kappa shape index (κ2) is 4.90. The smallest absolute Gasteiger partial charge is 0.321 e. The van der Waals surface area contributed by atoms with Crippen molar-refractivity contribution in [1.29, 1.82) is 0 Å². The molecule has 4 heteroatoms. The lowest BCUT2D eigenvalue weighted by atomic mass is 9.82. The Morgan fingerprint density at radius 2 is 2.05 bits per heavy atom. The fraction of sp³-hybridized carbons (Fsp3) is 0.267. The average molecular weight is 257 g/mol. The Labute approximate surface area is 111 Å². The molecule has 0 spiro atoms. The monoisotopic (exact) mass is 257 g/mol. The van der Waals surface area contributed by atoms with E-state index in [1.807, 2.05) is 47.4 Å². The zero-order chi connectivity index (χ0) is 13.2. The number of furan rings is 1. The van der Waals surface area contributed by atoms with Crippen LogP contribution in [0.1, 0.15) is 17.2 Å². The minimum absolute atomic E-state index is 0.0636. The van der Waals surface area contributed by atoms with Crippen molar-refractivity contribution in [3.8, 4) is 0 Å². The highest BCUT2D eigenvalue weighted by Gasteiger charge is 2.44. The zero-order valence-electron chi connectivity index (χ0n) is 10.4. The summed E-state index contributed by atoms with van der Waals surface area (Å²) in [5.74, 6) is 0.0954. The van der Waals surface area contributed by atoms with E-state index in [9.17, 15) is 9.90 Å². The fourth-order valence-electron chi connectivity index (χ4n) is 2.66. The normalized spacial score (nSPS) is 22.9. The number of likely N-dealkylation sites (tertiary alicyclic amines) is 1. The van der Waals surface area contributed by atoms with Crippen molar-refractivity contribution in [1.82, 2.24) is 4.90 Å². The number of carboxylic acids is 1. The van der Waals surface area contributed by atoms with Gasteiger partial charge in [0.25, 0.3) is 0 Å². The van der Waals surface area contributed by atoms with E-state index in [0.29, 0.717) is 6.54 Å². The number of hydrogen-bond donors (Lipinski definition) is 1. The summed E-state index contributed by atoms with van der Waals surface area (Å²) in [5.41, 5.74) is 1.09. The number of aliphatic carboxylic acids is 1. The summed E-state index contributed by atoms with van der Waals surface area (Å²) in [4.78, 5) is 13.4. The zero-order valence-corrected chi connectivity index (χ0v) is 10.4. The quantitative estimate of drug-likeness (QED) is 0.913. The van der Waals surface area contributed by atoms with Crippen LogP contribution in [0.15, 0.2) is 53.1 Å². The molecule has 1 aromatic heterocycles. The summed E-state index contributed by atoms with van der Waals surface area (Å²) < 4.78 is 5.27. The fourth-order valence-corrected chi connectivity index (χ4v) is 2.66. The lowest BCUT2D eigenvalue weighted by Crippen LogP contribution is -2.57. The van der Waals surface area contributed by atoms with Crippen molar-refractivity contribution >= 4 is 5.97 Å².